The Morgan fingerprint density at radius 1 is 1.33 bits per heavy atom. The summed E-state index contributed by atoms with van der Waals surface area (Å²) >= 11 is 1.86. The van der Waals surface area contributed by atoms with Gasteiger partial charge in [-0.25, -0.2) is 4.39 Å². The molecule has 1 aromatic rings. The highest BCUT2D eigenvalue weighted by Crippen LogP contribution is 2.36. The molecule has 2 rings (SSSR count). The fourth-order valence-corrected chi connectivity index (χ4v) is 3.71. The minimum absolute atomic E-state index is 0.0776. The van der Waals surface area contributed by atoms with Crippen molar-refractivity contribution in [1.29, 1.82) is 0 Å². The lowest BCUT2D eigenvalue weighted by atomic mass is 10.2. The monoisotopic (exact) mass is 267 g/mol. The molecule has 0 heterocycles. The van der Waals surface area contributed by atoms with Gasteiger partial charge in [-0.05, 0) is 25.0 Å². The van der Waals surface area contributed by atoms with Crippen LogP contribution in [0, 0.1) is 5.82 Å². The van der Waals surface area contributed by atoms with Crippen molar-refractivity contribution in [2.24, 2.45) is 0 Å². The second-order valence-electron chi connectivity index (χ2n) is 5.28. The van der Waals surface area contributed by atoms with Gasteiger partial charge in [0, 0.05) is 28.3 Å². The van der Waals surface area contributed by atoms with Gasteiger partial charge in [-0.15, -0.1) is 11.8 Å². The third-order valence-electron chi connectivity index (χ3n) is 3.36. The predicted molar refractivity (Wildman–Crippen MR) is 76.5 cm³/mol. The van der Waals surface area contributed by atoms with E-state index in [1.165, 1.54) is 25.7 Å². The van der Waals surface area contributed by atoms with Gasteiger partial charge in [0.25, 0.3) is 0 Å². The molecule has 0 aliphatic heterocycles. The maximum absolute atomic E-state index is 13.9. The molecule has 1 nitrogen and oxygen atoms in total. The van der Waals surface area contributed by atoms with Gasteiger partial charge < -0.3 is 5.32 Å². The Labute approximate surface area is 114 Å². The van der Waals surface area contributed by atoms with Crippen molar-refractivity contribution < 1.29 is 4.39 Å². The molecule has 0 unspecified atom stereocenters. The molecule has 0 spiro atoms. The Morgan fingerprint density at radius 3 is 2.72 bits per heavy atom. The second-order valence-corrected chi connectivity index (χ2v) is 6.62. The molecule has 0 saturated heterocycles. The van der Waals surface area contributed by atoms with E-state index in [1.54, 1.807) is 6.07 Å². The van der Waals surface area contributed by atoms with Crippen molar-refractivity contribution in [3.8, 4) is 0 Å². The van der Waals surface area contributed by atoms with Crippen molar-refractivity contribution in [1.82, 2.24) is 5.32 Å². The minimum Gasteiger partial charge on any atom is -0.310 e. The van der Waals surface area contributed by atoms with Gasteiger partial charge in [-0.1, -0.05) is 32.8 Å². The highest BCUT2D eigenvalue weighted by Gasteiger charge is 2.18. The SMILES string of the molecule is CC(C)NCc1c(F)cccc1SC1CCCC1. The molecule has 3 heteroatoms. The Morgan fingerprint density at radius 2 is 2.06 bits per heavy atom. The van der Waals surface area contributed by atoms with E-state index in [0.717, 1.165) is 10.5 Å². The summed E-state index contributed by atoms with van der Waals surface area (Å²) in [6.07, 6.45) is 5.20. The normalized spacial score (nSPS) is 16.7. The van der Waals surface area contributed by atoms with E-state index in [9.17, 15) is 4.39 Å². The zero-order valence-corrected chi connectivity index (χ0v) is 12.0. The molecule has 1 N–H and O–H groups in total. The van der Waals surface area contributed by atoms with Gasteiger partial charge >= 0.3 is 0 Å². The number of nitrogens with one attached hydrogen (secondary N) is 1. The maximum Gasteiger partial charge on any atom is 0.128 e. The van der Waals surface area contributed by atoms with Crippen LogP contribution in [0.1, 0.15) is 45.1 Å². The van der Waals surface area contributed by atoms with E-state index in [-0.39, 0.29) is 5.82 Å². The molecule has 1 aliphatic rings. The molecule has 18 heavy (non-hydrogen) atoms. The Bertz CT molecular complexity index is 386. The highest BCUT2D eigenvalue weighted by molar-refractivity contribution is 8.00. The fraction of sp³-hybridized carbons (Fsp3) is 0.600. The van der Waals surface area contributed by atoms with Crippen LogP contribution in [0.2, 0.25) is 0 Å². The van der Waals surface area contributed by atoms with Crippen LogP contribution < -0.4 is 5.32 Å². The van der Waals surface area contributed by atoms with Crippen LogP contribution in [-0.2, 0) is 6.54 Å². The Hall–Kier alpha value is -0.540. The summed E-state index contributed by atoms with van der Waals surface area (Å²) in [7, 11) is 0. The van der Waals surface area contributed by atoms with Gasteiger partial charge in [-0.3, -0.25) is 0 Å². The summed E-state index contributed by atoms with van der Waals surface area (Å²) in [4.78, 5) is 1.12. The lowest BCUT2D eigenvalue weighted by Gasteiger charge is -2.15. The first kappa shape index (κ1) is 13.9. The predicted octanol–water partition coefficient (Wildman–Crippen LogP) is 4.36. The smallest absolute Gasteiger partial charge is 0.128 e. The van der Waals surface area contributed by atoms with E-state index in [2.05, 4.69) is 25.2 Å². The summed E-state index contributed by atoms with van der Waals surface area (Å²) in [5.74, 6) is -0.0776. The van der Waals surface area contributed by atoms with E-state index in [4.69, 9.17) is 0 Å². The first-order valence-corrected chi connectivity index (χ1v) is 7.72. The molecule has 1 fully saturated rings. The van der Waals surface area contributed by atoms with Crippen molar-refractivity contribution in [2.75, 3.05) is 0 Å². The average Bonchev–Trinajstić information content (AvgIpc) is 2.81. The molecule has 1 saturated carbocycles. The highest BCUT2D eigenvalue weighted by atomic mass is 32.2. The van der Waals surface area contributed by atoms with Crippen LogP contribution in [0.4, 0.5) is 4.39 Å². The van der Waals surface area contributed by atoms with Gasteiger partial charge in [0.1, 0.15) is 5.82 Å². The molecule has 1 aliphatic carbocycles. The summed E-state index contributed by atoms with van der Waals surface area (Å²) in [6, 6.07) is 5.83. The first-order valence-electron chi connectivity index (χ1n) is 6.84. The topological polar surface area (TPSA) is 12.0 Å². The van der Waals surface area contributed by atoms with Crippen LogP contribution in [0.5, 0.6) is 0 Å². The number of rotatable bonds is 5. The van der Waals surface area contributed by atoms with Crippen LogP contribution in [0.15, 0.2) is 23.1 Å². The lowest BCUT2D eigenvalue weighted by Crippen LogP contribution is -2.23. The second kappa shape index (κ2) is 6.58. The summed E-state index contributed by atoms with van der Waals surface area (Å²) in [6.45, 7) is 4.80. The van der Waals surface area contributed by atoms with Crippen molar-refractivity contribution in [3.05, 3.63) is 29.6 Å². The first-order chi connectivity index (χ1) is 8.66. The van der Waals surface area contributed by atoms with Crippen molar-refractivity contribution >= 4 is 11.8 Å². The minimum atomic E-state index is -0.0776. The molecule has 100 valence electrons. The Kier molecular flexibility index (Phi) is 5.07. The van der Waals surface area contributed by atoms with Crippen LogP contribution in [-0.4, -0.2) is 11.3 Å². The summed E-state index contributed by atoms with van der Waals surface area (Å²) < 4.78 is 13.9. The lowest BCUT2D eigenvalue weighted by molar-refractivity contribution is 0.546. The Balaban J connectivity index is 2.09. The van der Waals surface area contributed by atoms with E-state index in [1.807, 2.05) is 17.8 Å². The summed E-state index contributed by atoms with van der Waals surface area (Å²) in [5.41, 5.74) is 0.836. The molecule has 0 bridgehead atoms. The van der Waals surface area contributed by atoms with Crippen molar-refractivity contribution in [3.63, 3.8) is 0 Å². The number of thioether (sulfide) groups is 1. The van der Waals surface area contributed by atoms with Crippen LogP contribution >= 0.6 is 11.8 Å². The van der Waals surface area contributed by atoms with Gasteiger partial charge in [0.15, 0.2) is 0 Å². The number of hydrogen-bond donors (Lipinski definition) is 1. The van der Waals surface area contributed by atoms with Crippen LogP contribution in [0.25, 0.3) is 0 Å². The molecular weight excluding hydrogens is 245 g/mol. The van der Waals surface area contributed by atoms with Gasteiger partial charge in [-0.2, -0.15) is 0 Å². The molecule has 0 atom stereocenters. The number of halogens is 1. The zero-order valence-electron chi connectivity index (χ0n) is 11.2. The number of benzene rings is 1. The van der Waals surface area contributed by atoms with E-state index < -0.39 is 0 Å². The average molecular weight is 267 g/mol. The number of hydrogen-bond acceptors (Lipinski definition) is 2. The molecular formula is C15H22FNS. The standard InChI is InChI=1S/C15H22FNS/c1-11(2)17-10-13-14(16)8-5-9-15(13)18-12-6-3-4-7-12/h5,8-9,11-12,17H,3-4,6-7,10H2,1-2H3. The van der Waals surface area contributed by atoms with Gasteiger partial charge in [0.2, 0.25) is 0 Å². The van der Waals surface area contributed by atoms with Crippen molar-refractivity contribution in [2.45, 2.75) is 62.3 Å². The molecule has 0 aromatic heterocycles. The molecule has 0 radical (unpaired) electrons. The van der Waals surface area contributed by atoms with Crippen LogP contribution in [0.3, 0.4) is 0 Å². The van der Waals surface area contributed by atoms with Gasteiger partial charge in [0.05, 0.1) is 0 Å². The fourth-order valence-electron chi connectivity index (χ4n) is 2.31. The summed E-state index contributed by atoms with van der Waals surface area (Å²) in [5, 5.41) is 4.00. The van der Waals surface area contributed by atoms with E-state index in [0.29, 0.717) is 17.8 Å². The third-order valence-corrected chi connectivity index (χ3v) is 4.80. The maximum atomic E-state index is 13.9. The van der Waals surface area contributed by atoms with E-state index >= 15 is 0 Å². The quantitative estimate of drug-likeness (QED) is 0.850. The largest absolute Gasteiger partial charge is 0.310 e. The third kappa shape index (κ3) is 3.72. The zero-order chi connectivity index (χ0) is 13.0. The molecule has 0 amide bonds. The molecule has 1 aromatic carbocycles.